The zero-order valence-electron chi connectivity index (χ0n) is 15.1. The summed E-state index contributed by atoms with van der Waals surface area (Å²) in [6.07, 6.45) is 5.34. The van der Waals surface area contributed by atoms with Crippen LogP contribution in [0.5, 0.6) is 0 Å². The Labute approximate surface area is 158 Å². The predicted octanol–water partition coefficient (Wildman–Crippen LogP) is 4.39. The SMILES string of the molecule is CCN(C(=O)C(C)c1ccc(Cl)cc1)c1cn(-c2cccnc2)nc1C. The monoisotopic (exact) mass is 368 g/mol. The number of nitrogens with zero attached hydrogens (tertiary/aromatic N) is 4. The van der Waals surface area contributed by atoms with Gasteiger partial charge in [0.05, 0.1) is 35.4 Å². The van der Waals surface area contributed by atoms with Crippen LogP contribution in [0, 0.1) is 6.92 Å². The van der Waals surface area contributed by atoms with Crippen molar-refractivity contribution in [3.63, 3.8) is 0 Å². The first-order chi connectivity index (χ1) is 12.5. The van der Waals surface area contributed by atoms with E-state index < -0.39 is 0 Å². The molecule has 134 valence electrons. The summed E-state index contributed by atoms with van der Waals surface area (Å²) in [5.41, 5.74) is 3.40. The molecule has 0 saturated heterocycles. The summed E-state index contributed by atoms with van der Waals surface area (Å²) in [5, 5.41) is 5.20. The number of carbonyl (C=O) groups is 1. The molecule has 26 heavy (non-hydrogen) atoms. The van der Waals surface area contributed by atoms with Crippen molar-refractivity contribution in [2.24, 2.45) is 0 Å². The summed E-state index contributed by atoms with van der Waals surface area (Å²) in [5.74, 6) is -0.239. The Morgan fingerprint density at radius 1 is 1.27 bits per heavy atom. The van der Waals surface area contributed by atoms with Crippen molar-refractivity contribution in [1.82, 2.24) is 14.8 Å². The van der Waals surface area contributed by atoms with Gasteiger partial charge in [-0.25, -0.2) is 4.68 Å². The van der Waals surface area contributed by atoms with E-state index in [-0.39, 0.29) is 11.8 Å². The summed E-state index contributed by atoms with van der Waals surface area (Å²) < 4.78 is 1.75. The summed E-state index contributed by atoms with van der Waals surface area (Å²) in [7, 11) is 0. The smallest absolute Gasteiger partial charge is 0.234 e. The molecule has 2 heterocycles. The molecule has 0 aliphatic heterocycles. The van der Waals surface area contributed by atoms with E-state index in [1.807, 2.05) is 63.4 Å². The second-order valence-electron chi connectivity index (χ2n) is 6.11. The maximum Gasteiger partial charge on any atom is 0.234 e. The number of hydrogen-bond acceptors (Lipinski definition) is 3. The van der Waals surface area contributed by atoms with Gasteiger partial charge in [0.1, 0.15) is 0 Å². The quantitative estimate of drug-likeness (QED) is 0.671. The lowest BCUT2D eigenvalue weighted by molar-refractivity contribution is -0.119. The molecule has 0 N–H and O–H groups in total. The number of hydrogen-bond donors (Lipinski definition) is 0. The Morgan fingerprint density at radius 3 is 2.62 bits per heavy atom. The van der Waals surface area contributed by atoms with Crippen molar-refractivity contribution in [2.45, 2.75) is 26.7 Å². The van der Waals surface area contributed by atoms with E-state index in [0.29, 0.717) is 11.6 Å². The van der Waals surface area contributed by atoms with Crippen LogP contribution < -0.4 is 4.90 Å². The third-order valence-corrected chi connectivity index (χ3v) is 4.65. The second-order valence-corrected chi connectivity index (χ2v) is 6.55. The van der Waals surface area contributed by atoms with Gasteiger partial charge in [-0.2, -0.15) is 5.10 Å². The zero-order valence-corrected chi connectivity index (χ0v) is 15.8. The van der Waals surface area contributed by atoms with Crippen LogP contribution >= 0.6 is 11.6 Å². The van der Waals surface area contributed by atoms with Crippen LogP contribution in [-0.4, -0.2) is 27.2 Å². The number of aryl methyl sites for hydroxylation is 1. The molecule has 6 heteroatoms. The molecule has 0 radical (unpaired) electrons. The van der Waals surface area contributed by atoms with Gasteiger partial charge < -0.3 is 4.90 Å². The van der Waals surface area contributed by atoms with Gasteiger partial charge >= 0.3 is 0 Å². The van der Waals surface area contributed by atoms with E-state index in [1.54, 1.807) is 22.0 Å². The highest BCUT2D eigenvalue weighted by molar-refractivity contribution is 6.30. The normalized spacial score (nSPS) is 12.0. The van der Waals surface area contributed by atoms with Crippen LogP contribution in [0.2, 0.25) is 5.02 Å². The highest BCUT2D eigenvalue weighted by Gasteiger charge is 2.25. The number of pyridine rings is 1. The maximum atomic E-state index is 13.1. The van der Waals surface area contributed by atoms with E-state index in [1.165, 1.54) is 0 Å². The predicted molar refractivity (Wildman–Crippen MR) is 104 cm³/mol. The average Bonchev–Trinajstić information content (AvgIpc) is 3.04. The Morgan fingerprint density at radius 2 is 2.00 bits per heavy atom. The molecule has 2 aromatic heterocycles. The number of likely N-dealkylation sites (N-methyl/N-ethyl adjacent to an activating group) is 1. The maximum absolute atomic E-state index is 13.1. The third kappa shape index (κ3) is 3.63. The number of halogens is 1. The molecular weight excluding hydrogens is 348 g/mol. The lowest BCUT2D eigenvalue weighted by Gasteiger charge is -2.24. The number of benzene rings is 1. The zero-order chi connectivity index (χ0) is 18.7. The van der Waals surface area contributed by atoms with Crippen LogP contribution in [0.15, 0.2) is 55.0 Å². The van der Waals surface area contributed by atoms with Gasteiger partial charge in [-0.1, -0.05) is 23.7 Å². The fourth-order valence-electron chi connectivity index (χ4n) is 2.91. The number of anilines is 1. The highest BCUT2D eigenvalue weighted by Crippen LogP contribution is 2.26. The van der Waals surface area contributed by atoms with Crippen molar-refractivity contribution in [3.05, 3.63) is 71.3 Å². The molecule has 0 aliphatic carbocycles. The Kier molecular flexibility index (Phi) is 5.38. The molecule has 0 saturated carbocycles. The Balaban J connectivity index is 1.90. The molecule has 0 aliphatic rings. The third-order valence-electron chi connectivity index (χ3n) is 4.40. The van der Waals surface area contributed by atoms with E-state index in [0.717, 1.165) is 22.6 Å². The molecule has 3 aromatic rings. The second kappa shape index (κ2) is 7.70. The van der Waals surface area contributed by atoms with Gasteiger partial charge in [0.2, 0.25) is 5.91 Å². The standard InChI is InChI=1S/C20H21ClN4O/c1-4-24(20(26)14(2)16-7-9-17(21)10-8-16)19-13-25(23-15(19)3)18-6-5-11-22-12-18/h5-14H,4H2,1-3H3. The minimum absolute atomic E-state index is 0.0312. The first-order valence-electron chi connectivity index (χ1n) is 8.54. The Bertz CT molecular complexity index is 890. The molecule has 0 spiro atoms. The Hall–Kier alpha value is -2.66. The fourth-order valence-corrected chi connectivity index (χ4v) is 3.04. The van der Waals surface area contributed by atoms with Crippen molar-refractivity contribution >= 4 is 23.2 Å². The van der Waals surface area contributed by atoms with Gasteiger partial charge in [0.25, 0.3) is 0 Å². The molecule has 1 atom stereocenters. The van der Waals surface area contributed by atoms with Crippen molar-refractivity contribution in [2.75, 3.05) is 11.4 Å². The van der Waals surface area contributed by atoms with Gasteiger partial charge in [0.15, 0.2) is 0 Å². The van der Waals surface area contributed by atoms with Crippen LogP contribution in [0.3, 0.4) is 0 Å². The molecule has 1 aromatic carbocycles. The van der Waals surface area contributed by atoms with E-state index in [4.69, 9.17) is 11.6 Å². The van der Waals surface area contributed by atoms with Crippen molar-refractivity contribution < 1.29 is 4.79 Å². The van der Waals surface area contributed by atoms with Gasteiger partial charge in [-0.15, -0.1) is 0 Å². The first kappa shape index (κ1) is 18.1. The number of amides is 1. The minimum Gasteiger partial charge on any atom is -0.309 e. The average molecular weight is 369 g/mol. The fraction of sp³-hybridized carbons (Fsp3) is 0.250. The van der Waals surface area contributed by atoms with Crippen LogP contribution in [0.4, 0.5) is 5.69 Å². The summed E-state index contributed by atoms with van der Waals surface area (Å²) in [4.78, 5) is 19.0. The van der Waals surface area contributed by atoms with Gasteiger partial charge in [-0.3, -0.25) is 9.78 Å². The van der Waals surface area contributed by atoms with Crippen molar-refractivity contribution in [3.8, 4) is 5.69 Å². The van der Waals surface area contributed by atoms with Crippen LogP contribution in [0.1, 0.15) is 31.0 Å². The number of aromatic nitrogens is 3. The molecular formula is C20H21ClN4O. The molecule has 0 bridgehead atoms. The largest absolute Gasteiger partial charge is 0.309 e. The summed E-state index contributed by atoms with van der Waals surface area (Å²) in [6.45, 7) is 6.35. The topological polar surface area (TPSA) is 51.0 Å². The summed E-state index contributed by atoms with van der Waals surface area (Å²) in [6, 6.07) is 11.2. The van der Waals surface area contributed by atoms with E-state index >= 15 is 0 Å². The molecule has 1 amide bonds. The highest BCUT2D eigenvalue weighted by atomic mass is 35.5. The van der Waals surface area contributed by atoms with Gasteiger partial charge in [0, 0.05) is 17.8 Å². The first-order valence-corrected chi connectivity index (χ1v) is 8.92. The van der Waals surface area contributed by atoms with E-state index in [9.17, 15) is 4.79 Å². The summed E-state index contributed by atoms with van der Waals surface area (Å²) >= 11 is 5.95. The number of carbonyl (C=O) groups excluding carboxylic acids is 1. The van der Waals surface area contributed by atoms with Crippen LogP contribution in [-0.2, 0) is 4.79 Å². The van der Waals surface area contributed by atoms with Gasteiger partial charge in [-0.05, 0) is 50.6 Å². The van der Waals surface area contributed by atoms with Crippen molar-refractivity contribution in [1.29, 1.82) is 0 Å². The van der Waals surface area contributed by atoms with Crippen LogP contribution in [0.25, 0.3) is 5.69 Å². The lowest BCUT2D eigenvalue weighted by Crippen LogP contribution is -2.34. The molecule has 5 nitrogen and oxygen atoms in total. The van der Waals surface area contributed by atoms with E-state index in [2.05, 4.69) is 10.1 Å². The molecule has 1 unspecified atom stereocenters. The number of rotatable bonds is 5. The molecule has 0 fully saturated rings. The lowest BCUT2D eigenvalue weighted by atomic mass is 9.99. The minimum atomic E-state index is -0.270. The molecule has 3 rings (SSSR count).